The summed E-state index contributed by atoms with van der Waals surface area (Å²) >= 11 is 0. The molecule has 0 bridgehead atoms. The van der Waals surface area contributed by atoms with Crippen LogP contribution in [0.4, 0.5) is 0 Å². The van der Waals surface area contributed by atoms with E-state index < -0.39 is 0 Å². The van der Waals surface area contributed by atoms with Gasteiger partial charge in [0.1, 0.15) is 6.04 Å². The number of likely N-dealkylation sites (tertiary alicyclic amines) is 1. The summed E-state index contributed by atoms with van der Waals surface area (Å²) in [6.07, 6.45) is 2.69. The van der Waals surface area contributed by atoms with Crippen molar-refractivity contribution in [1.82, 2.24) is 10.2 Å². The first kappa shape index (κ1) is 12.6. The average molecular weight is 246 g/mol. The molecule has 96 valence electrons. The zero-order valence-corrected chi connectivity index (χ0v) is 10.6. The van der Waals surface area contributed by atoms with Crippen molar-refractivity contribution in [3.63, 3.8) is 0 Å². The molecule has 1 aliphatic heterocycles. The highest BCUT2D eigenvalue weighted by Gasteiger charge is 2.26. The van der Waals surface area contributed by atoms with Crippen LogP contribution in [0.2, 0.25) is 0 Å². The summed E-state index contributed by atoms with van der Waals surface area (Å²) in [4.78, 5) is 25.7. The van der Waals surface area contributed by atoms with Gasteiger partial charge in [-0.3, -0.25) is 9.59 Å². The largest absolute Gasteiger partial charge is 0.344 e. The second-order valence-corrected chi connectivity index (χ2v) is 4.65. The Hall–Kier alpha value is -1.84. The van der Waals surface area contributed by atoms with Crippen LogP contribution in [-0.2, 0) is 4.79 Å². The molecule has 0 saturated carbocycles. The summed E-state index contributed by atoms with van der Waals surface area (Å²) in [6, 6.07) is 8.61. The smallest absolute Gasteiger partial charge is 0.251 e. The highest BCUT2D eigenvalue weighted by molar-refractivity contribution is 5.97. The highest BCUT2D eigenvalue weighted by atomic mass is 16.2. The third-order valence-electron chi connectivity index (χ3n) is 3.25. The number of amides is 2. The third-order valence-corrected chi connectivity index (χ3v) is 3.25. The molecule has 2 rings (SSSR count). The molecule has 1 fully saturated rings. The Morgan fingerprint density at radius 1 is 1.28 bits per heavy atom. The monoisotopic (exact) mass is 246 g/mol. The molecule has 0 radical (unpaired) electrons. The quantitative estimate of drug-likeness (QED) is 0.858. The van der Waals surface area contributed by atoms with Gasteiger partial charge in [-0.15, -0.1) is 0 Å². The number of nitrogens with zero attached hydrogens (tertiary/aromatic N) is 1. The van der Waals surface area contributed by atoms with Gasteiger partial charge in [0, 0.05) is 19.2 Å². The molecular weight excluding hydrogens is 228 g/mol. The molecule has 1 N–H and O–H groups in total. The van der Waals surface area contributed by atoms with E-state index in [4.69, 9.17) is 0 Å². The SMILES string of the molecule is CN1CCCCC(NC(=O)c2ccccc2)C1=O. The summed E-state index contributed by atoms with van der Waals surface area (Å²) in [6.45, 7) is 0.774. The molecule has 4 heteroatoms. The van der Waals surface area contributed by atoms with Gasteiger partial charge in [-0.25, -0.2) is 0 Å². The molecule has 0 spiro atoms. The number of carbonyl (C=O) groups excluding carboxylic acids is 2. The molecule has 1 aliphatic rings. The van der Waals surface area contributed by atoms with Gasteiger partial charge in [0.15, 0.2) is 0 Å². The first-order valence-electron chi connectivity index (χ1n) is 6.29. The number of nitrogens with one attached hydrogen (secondary N) is 1. The van der Waals surface area contributed by atoms with E-state index in [-0.39, 0.29) is 17.9 Å². The normalized spacial score (nSPS) is 20.4. The van der Waals surface area contributed by atoms with E-state index in [0.29, 0.717) is 5.56 Å². The molecule has 1 atom stereocenters. The van der Waals surface area contributed by atoms with Crippen LogP contribution in [0, 0.1) is 0 Å². The number of likely N-dealkylation sites (N-methyl/N-ethyl adjacent to an activating group) is 1. The number of hydrogen-bond donors (Lipinski definition) is 1. The second-order valence-electron chi connectivity index (χ2n) is 4.65. The fourth-order valence-electron chi connectivity index (χ4n) is 2.16. The van der Waals surface area contributed by atoms with Crippen LogP contribution in [0.3, 0.4) is 0 Å². The lowest BCUT2D eigenvalue weighted by Crippen LogP contribution is -2.46. The van der Waals surface area contributed by atoms with Gasteiger partial charge in [0.05, 0.1) is 0 Å². The molecule has 1 aromatic rings. The maximum atomic E-state index is 12.0. The first-order chi connectivity index (χ1) is 8.68. The van der Waals surface area contributed by atoms with Gasteiger partial charge in [-0.1, -0.05) is 18.2 Å². The molecule has 1 unspecified atom stereocenters. The Labute approximate surface area is 107 Å². The maximum Gasteiger partial charge on any atom is 0.251 e. The molecule has 18 heavy (non-hydrogen) atoms. The summed E-state index contributed by atoms with van der Waals surface area (Å²) < 4.78 is 0. The third kappa shape index (κ3) is 2.88. The number of hydrogen-bond acceptors (Lipinski definition) is 2. The maximum absolute atomic E-state index is 12.0. The van der Waals surface area contributed by atoms with Crippen molar-refractivity contribution >= 4 is 11.8 Å². The fourth-order valence-corrected chi connectivity index (χ4v) is 2.16. The van der Waals surface area contributed by atoms with Gasteiger partial charge in [0.25, 0.3) is 5.91 Å². The van der Waals surface area contributed by atoms with Crippen LogP contribution in [0.15, 0.2) is 30.3 Å². The number of rotatable bonds is 2. The predicted molar refractivity (Wildman–Crippen MR) is 69.2 cm³/mol. The Morgan fingerprint density at radius 2 is 2.00 bits per heavy atom. The molecule has 1 aromatic carbocycles. The van der Waals surface area contributed by atoms with Crippen LogP contribution in [0.25, 0.3) is 0 Å². The minimum atomic E-state index is -0.384. The van der Waals surface area contributed by atoms with E-state index >= 15 is 0 Å². The van der Waals surface area contributed by atoms with Crippen molar-refractivity contribution in [2.45, 2.75) is 25.3 Å². The average Bonchev–Trinajstić information content (AvgIpc) is 2.55. The number of carbonyl (C=O) groups is 2. The zero-order chi connectivity index (χ0) is 13.0. The van der Waals surface area contributed by atoms with Crippen molar-refractivity contribution in [1.29, 1.82) is 0 Å². The summed E-state index contributed by atoms with van der Waals surface area (Å²) in [5, 5.41) is 2.83. The van der Waals surface area contributed by atoms with Gasteiger partial charge in [0.2, 0.25) is 5.91 Å². The number of benzene rings is 1. The van der Waals surface area contributed by atoms with Crippen LogP contribution < -0.4 is 5.32 Å². The molecule has 1 saturated heterocycles. The Bertz CT molecular complexity index is 431. The van der Waals surface area contributed by atoms with Crippen molar-refractivity contribution in [3.8, 4) is 0 Å². The van der Waals surface area contributed by atoms with E-state index in [1.807, 2.05) is 18.2 Å². The van der Waals surface area contributed by atoms with Gasteiger partial charge in [-0.05, 0) is 31.4 Å². The van der Waals surface area contributed by atoms with Crippen LogP contribution in [0.1, 0.15) is 29.6 Å². The lowest BCUT2D eigenvalue weighted by atomic mass is 10.1. The van der Waals surface area contributed by atoms with E-state index in [9.17, 15) is 9.59 Å². The Balaban J connectivity index is 2.04. The molecule has 0 aliphatic carbocycles. The minimum Gasteiger partial charge on any atom is -0.344 e. The van der Waals surface area contributed by atoms with Gasteiger partial charge < -0.3 is 10.2 Å². The topological polar surface area (TPSA) is 49.4 Å². The predicted octanol–water partition coefficient (Wildman–Crippen LogP) is 1.43. The molecule has 2 amide bonds. The Morgan fingerprint density at radius 3 is 2.72 bits per heavy atom. The Kier molecular flexibility index (Phi) is 3.97. The van der Waals surface area contributed by atoms with Gasteiger partial charge >= 0.3 is 0 Å². The fraction of sp³-hybridized carbons (Fsp3) is 0.429. The van der Waals surface area contributed by atoms with E-state index in [1.54, 1.807) is 24.1 Å². The first-order valence-corrected chi connectivity index (χ1v) is 6.29. The molecule has 1 heterocycles. The second kappa shape index (κ2) is 5.67. The van der Waals surface area contributed by atoms with E-state index in [2.05, 4.69) is 5.32 Å². The lowest BCUT2D eigenvalue weighted by Gasteiger charge is -2.20. The highest BCUT2D eigenvalue weighted by Crippen LogP contribution is 2.11. The minimum absolute atomic E-state index is 0.0109. The summed E-state index contributed by atoms with van der Waals surface area (Å²) in [7, 11) is 1.79. The molecular formula is C14H18N2O2. The van der Waals surface area contributed by atoms with Crippen LogP contribution >= 0.6 is 0 Å². The standard InChI is InChI=1S/C14H18N2O2/c1-16-10-6-5-9-12(14(16)18)15-13(17)11-7-3-2-4-8-11/h2-4,7-8,12H,5-6,9-10H2,1H3,(H,15,17). The van der Waals surface area contributed by atoms with Crippen molar-refractivity contribution in [2.24, 2.45) is 0 Å². The van der Waals surface area contributed by atoms with Crippen molar-refractivity contribution < 1.29 is 9.59 Å². The molecule has 0 aromatic heterocycles. The summed E-state index contributed by atoms with van der Waals surface area (Å²) in [5.74, 6) is -0.166. The summed E-state index contributed by atoms with van der Waals surface area (Å²) in [5.41, 5.74) is 0.595. The van der Waals surface area contributed by atoms with Crippen LogP contribution in [0.5, 0.6) is 0 Å². The van der Waals surface area contributed by atoms with E-state index in [0.717, 1.165) is 25.8 Å². The van der Waals surface area contributed by atoms with Crippen molar-refractivity contribution in [2.75, 3.05) is 13.6 Å². The zero-order valence-electron chi connectivity index (χ0n) is 10.6. The van der Waals surface area contributed by atoms with Crippen LogP contribution in [-0.4, -0.2) is 36.3 Å². The van der Waals surface area contributed by atoms with E-state index in [1.165, 1.54) is 0 Å². The molecule has 4 nitrogen and oxygen atoms in total. The van der Waals surface area contributed by atoms with Gasteiger partial charge in [-0.2, -0.15) is 0 Å². The van der Waals surface area contributed by atoms with Crippen molar-refractivity contribution in [3.05, 3.63) is 35.9 Å². The lowest BCUT2D eigenvalue weighted by molar-refractivity contribution is -0.131.